The molecule has 0 radical (unpaired) electrons. The summed E-state index contributed by atoms with van der Waals surface area (Å²) in [6, 6.07) is 9.63. The van der Waals surface area contributed by atoms with Crippen LogP contribution in [0.1, 0.15) is 5.56 Å². The van der Waals surface area contributed by atoms with Gasteiger partial charge in [0.05, 0.1) is 6.07 Å². The Bertz CT molecular complexity index is 372. The number of nitriles is 1. The van der Waals surface area contributed by atoms with E-state index in [0.29, 0.717) is 11.4 Å². The molecular formula is C12H14ClNO2. The molecule has 0 saturated heterocycles. The maximum Gasteiger partial charge on any atom is 0.172 e. The molecule has 3 nitrogen and oxygen atoms in total. The van der Waals surface area contributed by atoms with Crippen LogP contribution in [0.4, 0.5) is 0 Å². The summed E-state index contributed by atoms with van der Waals surface area (Å²) in [5, 5.41) is 9.72. The standard InChI is InChI=1S/C12H14ClNO2/c1-15-12(16-2)10(8-14)7-9-5-3-4-6-11(9)13/h3-6,10,12H,7H2,1-2H3. The Balaban J connectivity index is 2.79. The first kappa shape index (κ1) is 13.0. The van der Waals surface area contributed by atoms with Crippen molar-refractivity contribution >= 4 is 11.6 Å². The molecule has 1 atom stereocenters. The van der Waals surface area contributed by atoms with E-state index in [-0.39, 0.29) is 5.92 Å². The van der Waals surface area contributed by atoms with Crippen LogP contribution in [0.3, 0.4) is 0 Å². The highest BCUT2D eigenvalue weighted by atomic mass is 35.5. The van der Waals surface area contributed by atoms with Gasteiger partial charge in [-0.25, -0.2) is 0 Å². The van der Waals surface area contributed by atoms with E-state index >= 15 is 0 Å². The molecule has 0 aliphatic heterocycles. The van der Waals surface area contributed by atoms with Gasteiger partial charge in [-0.05, 0) is 18.1 Å². The lowest BCUT2D eigenvalue weighted by Crippen LogP contribution is -2.25. The third-order valence-corrected chi connectivity index (χ3v) is 2.73. The Kier molecular flexibility index (Phi) is 5.27. The maximum atomic E-state index is 9.06. The molecule has 0 N–H and O–H groups in total. The fraction of sp³-hybridized carbons (Fsp3) is 0.417. The smallest absolute Gasteiger partial charge is 0.172 e. The van der Waals surface area contributed by atoms with E-state index in [2.05, 4.69) is 6.07 Å². The molecule has 16 heavy (non-hydrogen) atoms. The van der Waals surface area contributed by atoms with Gasteiger partial charge >= 0.3 is 0 Å². The molecule has 1 rings (SSSR count). The van der Waals surface area contributed by atoms with E-state index in [1.807, 2.05) is 18.2 Å². The van der Waals surface area contributed by atoms with Crippen molar-refractivity contribution in [2.45, 2.75) is 12.7 Å². The number of nitrogens with zero attached hydrogens (tertiary/aromatic N) is 1. The van der Waals surface area contributed by atoms with Crippen molar-refractivity contribution in [2.75, 3.05) is 14.2 Å². The lowest BCUT2D eigenvalue weighted by molar-refractivity contribution is -0.124. The van der Waals surface area contributed by atoms with Gasteiger partial charge in [-0.15, -0.1) is 0 Å². The first-order chi connectivity index (χ1) is 7.72. The van der Waals surface area contributed by atoms with E-state index in [9.17, 15) is 0 Å². The minimum absolute atomic E-state index is 0.366. The highest BCUT2D eigenvalue weighted by Gasteiger charge is 2.21. The highest BCUT2D eigenvalue weighted by Crippen LogP contribution is 2.21. The Morgan fingerprint density at radius 1 is 1.31 bits per heavy atom. The van der Waals surface area contributed by atoms with Crippen LogP contribution in [0.25, 0.3) is 0 Å². The van der Waals surface area contributed by atoms with Crippen LogP contribution in [-0.4, -0.2) is 20.5 Å². The average molecular weight is 240 g/mol. The summed E-state index contributed by atoms with van der Waals surface area (Å²) in [6.45, 7) is 0. The van der Waals surface area contributed by atoms with Crippen LogP contribution in [0.2, 0.25) is 5.02 Å². The van der Waals surface area contributed by atoms with Gasteiger partial charge in [0.2, 0.25) is 0 Å². The predicted molar refractivity (Wildman–Crippen MR) is 62.1 cm³/mol. The summed E-state index contributed by atoms with van der Waals surface area (Å²) in [4.78, 5) is 0. The van der Waals surface area contributed by atoms with Crippen molar-refractivity contribution in [1.82, 2.24) is 0 Å². The molecule has 0 aromatic heterocycles. The Morgan fingerprint density at radius 2 is 1.94 bits per heavy atom. The van der Waals surface area contributed by atoms with Crippen LogP contribution < -0.4 is 0 Å². The Labute approximate surface area is 101 Å². The van der Waals surface area contributed by atoms with E-state index in [1.165, 1.54) is 14.2 Å². The molecule has 0 fully saturated rings. The number of methoxy groups -OCH3 is 2. The van der Waals surface area contributed by atoms with Gasteiger partial charge in [0.1, 0.15) is 5.92 Å². The van der Waals surface area contributed by atoms with Crippen molar-refractivity contribution in [1.29, 1.82) is 5.26 Å². The molecule has 0 heterocycles. The number of rotatable bonds is 5. The average Bonchev–Trinajstić information content (AvgIpc) is 2.31. The van der Waals surface area contributed by atoms with Gasteiger partial charge in [-0.3, -0.25) is 0 Å². The Morgan fingerprint density at radius 3 is 2.44 bits per heavy atom. The molecule has 1 unspecified atom stereocenters. The van der Waals surface area contributed by atoms with Gasteiger partial charge in [-0.2, -0.15) is 5.26 Å². The number of hydrogen-bond acceptors (Lipinski definition) is 3. The normalized spacial score (nSPS) is 12.4. The molecule has 0 aliphatic carbocycles. The fourth-order valence-corrected chi connectivity index (χ4v) is 1.74. The molecule has 4 heteroatoms. The Hall–Kier alpha value is -1.08. The monoisotopic (exact) mass is 239 g/mol. The molecular weight excluding hydrogens is 226 g/mol. The number of ether oxygens (including phenoxy) is 2. The summed E-state index contributed by atoms with van der Waals surface area (Å²) in [6.07, 6.45) is -0.0102. The van der Waals surface area contributed by atoms with Crippen LogP contribution >= 0.6 is 11.6 Å². The van der Waals surface area contributed by atoms with Crippen LogP contribution in [0.15, 0.2) is 24.3 Å². The van der Waals surface area contributed by atoms with E-state index in [1.54, 1.807) is 6.07 Å². The van der Waals surface area contributed by atoms with Gasteiger partial charge in [-0.1, -0.05) is 29.8 Å². The third kappa shape index (κ3) is 3.21. The summed E-state index contributed by atoms with van der Waals surface area (Å²) >= 11 is 6.03. The third-order valence-electron chi connectivity index (χ3n) is 2.36. The molecule has 86 valence electrons. The van der Waals surface area contributed by atoms with E-state index in [0.717, 1.165) is 5.56 Å². The van der Waals surface area contributed by atoms with Crippen LogP contribution in [0.5, 0.6) is 0 Å². The van der Waals surface area contributed by atoms with E-state index < -0.39 is 6.29 Å². The first-order valence-electron chi connectivity index (χ1n) is 4.91. The van der Waals surface area contributed by atoms with Crippen molar-refractivity contribution in [3.05, 3.63) is 34.9 Å². The van der Waals surface area contributed by atoms with Crippen LogP contribution in [-0.2, 0) is 15.9 Å². The molecule has 0 spiro atoms. The molecule has 0 bridgehead atoms. The fourth-order valence-electron chi connectivity index (χ4n) is 1.53. The van der Waals surface area contributed by atoms with Gasteiger partial charge in [0.15, 0.2) is 6.29 Å². The second kappa shape index (κ2) is 6.49. The van der Waals surface area contributed by atoms with Gasteiger partial charge in [0, 0.05) is 19.2 Å². The summed E-state index contributed by atoms with van der Waals surface area (Å²) in [5.41, 5.74) is 0.926. The topological polar surface area (TPSA) is 42.2 Å². The number of benzene rings is 1. The molecule has 1 aromatic rings. The first-order valence-corrected chi connectivity index (χ1v) is 5.29. The van der Waals surface area contributed by atoms with Crippen molar-refractivity contribution in [3.8, 4) is 6.07 Å². The van der Waals surface area contributed by atoms with Crippen molar-refractivity contribution < 1.29 is 9.47 Å². The minimum Gasteiger partial charge on any atom is -0.354 e. The second-order valence-corrected chi connectivity index (χ2v) is 3.78. The SMILES string of the molecule is COC(OC)C(C#N)Cc1ccccc1Cl. The van der Waals surface area contributed by atoms with Gasteiger partial charge in [0.25, 0.3) is 0 Å². The zero-order chi connectivity index (χ0) is 12.0. The van der Waals surface area contributed by atoms with Crippen molar-refractivity contribution in [3.63, 3.8) is 0 Å². The van der Waals surface area contributed by atoms with Crippen LogP contribution in [0, 0.1) is 17.2 Å². The minimum atomic E-state index is -0.527. The highest BCUT2D eigenvalue weighted by molar-refractivity contribution is 6.31. The zero-order valence-electron chi connectivity index (χ0n) is 9.31. The lowest BCUT2D eigenvalue weighted by Gasteiger charge is -2.19. The largest absolute Gasteiger partial charge is 0.354 e. The maximum absolute atomic E-state index is 9.06. The quantitative estimate of drug-likeness (QED) is 0.742. The summed E-state index contributed by atoms with van der Waals surface area (Å²) in [7, 11) is 3.04. The molecule has 0 aliphatic rings. The van der Waals surface area contributed by atoms with Crippen molar-refractivity contribution in [2.24, 2.45) is 5.92 Å². The predicted octanol–water partition coefficient (Wildman–Crippen LogP) is 2.64. The van der Waals surface area contributed by atoms with Gasteiger partial charge < -0.3 is 9.47 Å². The molecule has 0 saturated carbocycles. The number of hydrogen-bond donors (Lipinski definition) is 0. The second-order valence-electron chi connectivity index (χ2n) is 3.37. The lowest BCUT2D eigenvalue weighted by atomic mass is 10.00. The van der Waals surface area contributed by atoms with E-state index in [4.69, 9.17) is 26.3 Å². The zero-order valence-corrected chi connectivity index (χ0v) is 10.1. The number of halogens is 1. The summed E-state index contributed by atoms with van der Waals surface area (Å²) < 4.78 is 10.2. The summed E-state index contributed by atoms with van der Waals surface area (Å²) in [5.74, 6) is -0.366. The molecule has 0 amide bonds. The molecule has 1 aromatic carbocycles.